The highest BCUT2D eigenvalue weighted by molar-refractivity contribution is 7.89. The van der Waals surface area contributed by atoms with Crippen LogP contribution in [0.25, 0.3) is 0 Å². The zero-order valence-corrected chi connectivity index (χ0v) is 23.8. The summed E-state index contributed by atoms with van der Waals surface area (Å²) in [6.45, 7) is 3.58. The highest BCUT2D eigenvalue weighted by Gasteiger charge is 2.41. The zero-order valence-electron chi connectivity index (χ0n) is 23.0. The number of hydrogen-bond acceptors (Lipinski definition) is 7. The molecule has 4 rings (SSSR count). The van der Waals surface area contributed by atoms with Crippen molar-refractivity contribution >= 4 is 27.5 Å². The number of aryl methyl sites for hydroxylation is 2. The average molecular weight is 578 g/mol. The molecule has 0 fully saturated rings. The molecule has 1 aliphatic heterocycles. The summed E-state index contributed by atoms with van der Waals surface area (Å²) in [4.78, 5) is 28.1. The summed E-state index contributed by atoms with van der Waals surface area (Å²) in [5.41, 5.74) is 4.74. The van der Waals surface area contributed by atoms with E-state index in [1.165, 1.54) is 36.3 Å². The number of carbonyl (C=O) groups excluding carboxylic acids is 2. The molecular formula is C30H31N3O7S. The van der Waals surface area contributed by atoms with Crippen LogP contribution in [0.1, 0.15) is 27.0 Å². The van der Waals surface area contributed by atoms with Gasteiger partial charge in [0.2, 0.25) is 10.0 Å². The van der Waals surface area contributed by atoms with Crippen molar-refractivity contribution in [2.24, 2.45) is 0 Å². The Bertz CT molecular complexity index is 1590. The number of ether oxygens (including phenoxy) is 2. The lowest BCUT2D eigenvalue weighted by atomic mass is 10.0. The van der Waals surface area contributed by atoms with Gasteiger partial charge in [-0.15, -0.1) is 0 Å². The lowest BCUT2D eigenvalue weighted by Crippen LogP contribution is -2.53. The highest BCUT2D eigenvalue weighted by atomic mass is 32.2. The van der Waals surface area contributed by atoms with Gasteiger partial charge >= 0.3 is 0 Å². The minimum atomic E-state index is -4.29. The number of anilines is 1. The lowest BCUT2D eigenvalue weighted by Gasteiger charge is -2.30. The second kappa shape index (κ2) is 13.0. The summed E-state index contributed by atoms with van der Waals surface area (Å²) in [7, 11) is -2.75. The zero-order chi connectivity index (χ0) is 29.6. The van der Waals surface area contributed by atoms with E-state index in [0.29, 0.717) is 22.6 Å². The molecule has 0 bridgehead atoms. The molecule has 41 heavy (non-hydrogen) atoms. The average Bonchev–Trinajstić information content (AvgIpc) is 3.14. The van der Waals surface area contributed by atoms with Crippen LogP contribution in [0.4, 0.5) is 5.69 Å². The largest absolute Gasteiger partial charge is 0.481 e. The Morgan fingerprint density at radius 3 is 2.41 bits per heavy atom. The maximum absolute atomic E-state index is 13.9. The molecule has 3 aromatic carbocycles. The number of carbonyl (C=O) groups is 2. The van der Waals surface area contributed by atoms with Crippen molar-refractivity contribution in [3.05, 3.63) is 89.0 Å². The number of hydroxylamine groups is 1. The van der Waals surface area contributed by atoms with Gasteiger partial charge in [-0.1, -0.05) is 47.7 Å². The molecule has 2 amide bonds. The topological polar surface area (TPSA) is 125 Å². The fourth-order valence-electron chi connectivity index (χ4n) is 4.62. The van der Waals surface area contributed by atoms with E-state index in [0.717, 1.165) is 15.4 Å². The van der Waals surface area contributed by atoms with Gasteiger partial charge in [-0.25, -0.2) is 13.9 Å². The second-order valence-corrected chi connectivity index (χ2v) is 11.3. The van der Waals surface area contributed by atoms with Crippen LogP contribution in [-0.4, -0.2) is 62.7 Å². The van der Waals surface area contributed by atoms with Crippen LogP contribution < -0.4 is 15.1 Å². The first-order valence-corrected chi connectivity index (χ1v) is 14.2. The Kier molecular flexibility index (Phi) is 9.42. The molecule has 0 saturated carbocycles. The van der Waals surface area contributed by atoms with Crippen LogP contribution in [-0.2, 0) is 26.1 Å². The van der Waals surface area contributed by atoms with E-state index in [1.807, 2.05) is 26.0 Å². The van der Waals surface area contributed by atoms with Crippen molar-refractivity contribution < 1.29 is 32.7 Å². The Morgan fingerprint density at radius 1 is 1.02 bits per heavy atom. The number of hydrogen-bond donors (Lipinski definition) is 2. The van der Waals surface area contributed by atoms with E-state index in [-0.39, 0.29) is 37.1 Å². The number of benzene rings is 3. The molecule has 0 aliphatic carbocycles. The molecule has 1 aliphatic rings. The number of sulfonamides is 1. The standard InChI is InChI=1S/C30H31N3O7S/c1-21-10-15-26(22(2)18-21)30(35)32-20-28(29(34)31-36)33(19-23-8-4-5-9-27(23)32)41(37,38)25-13-11-24(12-14-25)40-17-7-6-16-39-3/h4-5,8-15,18,28,36H,16-17,19-20H2,1-3H3,(H,31,34). The number of fused-ring (bicyclic) bond motifs is 1. The van der Waals surface area contributed by atoms with Crippen LogP contribution in [0, 0.1) is 25.7 Å². The number of nitrogens with zero attached hydrogens (tertiary/aromatic N) is 2. The number of rotatable bonds is 7. The quantitative estimate of drug-likeness (QED) is 0.251. The molecule has 1 atom stereocenters. The van der Waals surface area contributed by atoms with Gasteiger partial charge in [0.05, 0.1) is 11.4 Å². The van der Waals surface area contributed by atoms with Gasteiger partial charge in [0.25, 0.3) is 11.8 Å². The van der Waals surface area contributed by atoms with Gasteiger partial charge in [0, 0.05) is 24.9 Å². The molecule has 2 N–H and O–H groups in total. The smallest absolute Gasteiger partial charge is 0.263 e. The molecule has 1 unspecified atom stereocenters. The summed E-state index contributed by atoms with van der Waals surface area (Å²) in [5.74, 6) is 4.60. The van der Waals surface area contributed by atoms with Crippen LogP contribution in [0.15, 0.2) is 71.6 Å². The molecule has 214 valence electrons. The summed E-state index contributed by atoms with van der Waals surface area (Å²) in [5, 5.41) is 9.58. The number of para-hydroxylation sites is 1. The summed E-state index contributed by atoms with van der Waals surface area (Å²) in [6, 6.07) is 16.6. The van der Waals surface area contributed by atoms with Crippen molar-refractivity contribution in [3.8, 4) is 17.6 Å². The summed E-state index contributed by atoms with van der Waals surface area (Å²) in [6.07, 6.45) is 0. The van der Waals surface area contributed by atoms with Gasteiger partial charge in [-0.2, -0.15) is 4.31 Å². The van der Waals surface area contributed by atoms with Crippen LogP contribution >= 0.6 is 0 Å². The van der Waals surface area contributed by atoms with Crippen molar-refractivity contribution in [2.45, 2.75) is 31.3 Å². The number of amides is 2. The molecule has 0 aromatic heterocycles. The SMILES string of the molecule is COCC#CCOc1ccc(S(=O)(=O)N2Cc3ccccc3N(C(=O)c3ccc(C)cc3C)CC2C(=O)NO)cc1. The monoisotopic (exact) mass is 577 g/mol. The molecule has 10 nitrogen and oxygen atoms in total. The van der Waals surface area contributed by atoms with Gasteiger partial charge in [-0.05, 0) is 61.4 Å². The molecule has 11 heteroatoms. The Labute approximate surface area is 239 Å². The first-order valence-electron chi connectivity index (χ1n) is 12.8. The van der Waals surface area contributed by atoms with Gasteiger partial charge in [0.15, 0.2) is 0 Å². The third-order valence-corrected chi connectivity index (χ3v) is 8.53. The summed E-state index contributed by atoms with van der Waals surface area (Å²) >= 11 is 0. The normalized spacial score (nSPS) is 15.2. The fourth-order valence-corrected chi connectivity index (χ4v) is 6.17. The van der Waals surface area contributed by atoms with Crippen molar-refractivity contribution in [2.75, 3.05) is 31.8 Å². The molecule has 3 aromatic rings. The minimum Gasteiger partial charge on any atom is -0.481 e. The number of methoxy groups -OCH3 is 1. The van der Waals surface area contributed by atoms with Crippen LogP contribution in [0.3, 0.4) is 0 Å². The van der Waals surface area contributed by atoms with Gasteiger partial charge in [-0.3, -0.25) is 14.8 Å². The lowest BCUT2D eigenvalue weighted by molar-refractivity contribution is -0.133. The van der Waals surface area contributed by atoms with Crippen molar-refractivity contribution in [1.82, 2.24) is 9.79 Å². The maximum atomic E-state index is 13.9. The van der Waals surface area contributed by atoms with E-state index < -0.39 is 22.0 Å². The maximum Gasteiger partial charge on any atom is 0.263 e. The van der Waals surface area contributed by atoms with E-state index in [1.54, 1.807) is 35.8 Å². The second-order valence-electron chi connectivity index (χ2n) is 9.45. The third-order valence-electron chi connectivity index (χ3n) is 6.66. The first-order chi connectivity index (χ1) is 19.7. The van der Waals surface area contributed by atoms with Crippen molar-refractivity contribution in [3.63, 3.8) is 0 Å². The van der Waals surface area contributed by atoms with Crippen LogP contribution in [0.2, 0.25) is 0 Å². The van der Waals surface area contributed by atoms with Gasteiger partial charge < -0.3 is 14.4 Å². The van der Waals surface area contributed by atoms with E-state index in [2.05, 4.69) is 11.8 Å². The van der Waals surface area contributed by atoms with E-state index in [4.69, 9.17) is 9.47 Å². The predicted molar refractivity (Wildman–Crippen MR) is 152 cm³/mol. The Balaban J connectivity index is 1.70. The molecular weight excluding hydrogens is 546 g/mol. The van der Waals surface area contributed by atoms with E-state index >= 15 is 0 Å². The Hall–Kier alpha value is -4.21. The highest BCUT2D eigenvalue weighted by Crippen LogP contribution is 2.33. The van der Waals surface area contributed by atoms with E-state index in [9.17, 15) is 23.2 Å². The Morgan fingerprint density at radius 2 is 1.73 bits per heavy atom. The summed E-state index contributed by atoms with van der Waals surface area (Å²) < 4.78 is 39.3. The molecule has 0 spiro atoms. The minimum absolute atomic E-state index is 0.0855. The number of nitrogens with one attached hydrogen (secondary N) is 1. The third kappa shape index (κ3) is 6.58. The molecule has 1 heterocycles. The van der Waals surface area contributed by atoms with Crippen molar-refractivity contribution in [1.29, 1.82) is 0 Å². The fraction of sp³-hybridized carbons (Fsp3) is 0.267. The van der Waals surface area contributed by atoms with Crippen LogP contribution in [0.5, 0.6) is 5.75 Å². The van der Waals surface area contributed by atoms with Gasteiger partial charge in [0.1, 0.15) is 25.0 Å². The molecule has 0 radical (unpaired) electrons. The molecule has 0 saturated heterocycles. The predicted octanol–water partition coefficient (Wildman–Crippen LogP) is 3.06. The first kappa shape index (κ1) is 29.8.